The molecule has 22 heavy (non-hydrogen) atoms. The molecule has 1 aliphatic rings. The maximum atomic E-state index is 13.2. The fourth-order valence-corrected chi connectivity index (χ4v) is 2.50. The zero-order valence-corrected chi connectivity index (χ0v) is 11.5. The number of ether oxygens (including phenoxy) is 1. The van der Waals surface area contributed by atoms with Gasteiger partial charge in [0.25, 0.3) is 0 Å². The molecular formula is C14H14F3NO4. The fourth-order valence-electron chi connectivity index (χ4n) is 2.50. The van der Waals surface area contributed by atoms with E-state index in [2.05, 4.69) is 0 Å². The Labute approximate surface area is 124 Å². The number of benzene rings is 1. The maximum Gasteiger partial charge on any atom is 0.422 e. The quantitative estimate of drug-likeness (QED) is 0.931. The van der Waals surface area contributed by atoms with Crippen molar-refractivity contribution in [1.82, 2.24) is 4.90 Å². The summed E-state index contributed by atoms with van der Waals surface area (Å²) in [5.74, 6) is -2.09. The van der Waals surface area contributed by atoms with E-state index in [0.717, 1.165) is 0 Å². The van der Waals surface area contributed by atoms with Gasteiger partial charge in [-0.3, -0.25) is 4.90 Å². The van der Waals surface area contributed by atoms with Crippen molar-refractivity contribution in [3.8, 4) is 0 Å². The van der Waals surface area contributed by atoms with Gasteiger partial charge in [0.15, 0.2) is 0 Å². The third-order valence-corrected chi connectivity index (χ3v) is 3.63. The average molecular weight is 317 g/mol. The van der Waals surface area contributed by atoms with E-state index >= 15 is 0 Å². The Morgan fingerprint density at radius 1 is 1.27 bits per heavy atom. The van der Waals surface area contributed by atoms with Crippen LogP contribution in [0.5, 0.6) is 0 Å². The van der Waals surface area contributed by atoms with E-state index in [9.17, 15) is 22.8 Å². The van der Waals surface area contributed by atoms with E-state index in [1.165, 1.54) is 0 Å². The van der Waals surface area contributed by atoms with Crippen LogP contribution in [0.2, 0.25) is 0 Å². The summed E-state index contributed by atoms with van der Waals surface area (Å²) in [6.07, 6.45) is -7.07. The molecule has 1 aromatic rings. The molecule has 8 heteroatoms. The van der Waals surface area contributed by atoms with Crippen LogP contribution in [0.25, 0.3) is 0 Å². The molecule has 0 aromatic heterocycles. The van der Waals surface area contributed by atoms with Crippen molar-refractivity contribution < 1.29 is 32.6 Å². The second-order valence-corrected chi connectivity index (χ2v) is 4.96. The topological polar surface area (TPSA) is 66.8 Å². The van der Waals surface area contributed by atoms with Crippen LogP contribution in [0.4, 0.5) is 18.0 Å². The summed E-state index contributed by atoms with van der Waals surface area (Å²) in [6, 6.07) is 8.41. The number of alkyl halides is 3. The first-order valence-electron chi connectivity index (χ1n) is 6.57. The molecular weight excluding hydrogens is 303 g/mol. The predicted octanol–water partition coefficient (Wildman–Crippen LogP) is 2.80. The number of hydrogen-bond acceptors (Lipinski definition) is 3. The van der Waals surface area contributed by atoms with Crippen molar-refractivity contribution in [3.05, 3.63) is 35.9 Å². The summed E-state index contributed by atoms with van der Waals surface area (Å²) in [5, 5.41) is 9.03. The van der Waals surface area contributed by atoms with Gasteiger partial charge >= 0.3 is 18.2 Å². The predicted molar refractivity (Wildman–Crippen MR) is 69.0 cm³/mol. The molecule has 1 heterocycles. The number of rotatable bonds is 3. The highest BCUT2D eigenvalue weighted by molar-refractivity contribution is 5.86. The third-order valence-electron chi connectivity index (χ3n) is 3.63. The molecule has 1 saturated heterocycles. The number of carboxylic acid groups (broad SMARTS) is 1. The normalized spacial score (nSPS) is 21.7. The highest BCUT2D eigenvalue weighted by atomic mass is 19.4. The van der Waals surface area contributed by atoms with E-state index in [4.69, 9.17) is 9.84 Å². The number of likely N-dealkylation sites (tertiary alicyclic amines) is 1. The van der Waals surface area contributed by atoms with Crippen molar-refractivity contribution in [2.75, 3.05) is 6.54 Å². The Morgan fingerprint density at radius 3 is 2.45 bits per heavy atom. The molecule has 1 atom stereocenters. The van der Waals surface area contributed by atoms with Gasteiger partial charge in [0.05, 0.1) is 0 Å². The van der Waals surface area contributed by atoms with Gasteiger partial charge in [0, 0.05) is 6.54 Å². The van der Waals surface area contributed by atoms with E-state index in [0.29, 0.717) is 5.56 Å². The molecule has 1 amide bonds. The van der Waals surface area contributed by atoms with Crippen LogP contribution < -0.4 is 0 Å². The average Bonchev–Trinajstić information content (AvgIpc) is 2.91. The molecule has 0 spiro atoms. The van der Waals surface area contributed by atoms with Crippen molar-refractivity contribution in [2.45, 2.75) is 31.2 Å². The molecule has 0 saturated carbocycles. The van der Waals surface area contributed by atoms with Crippen LogP contribution in [-0.2, 0) is 16.1 Å². The van der Waals surface area contributed by atoms with Gasteiger partial charge in [-0.15, -0.1) is 0 Å². The molecule has 0 radical (unpaired) electrons. The fraction of sp³-hybridized carbons (Fsp3) is 0.429. The summed E-state index contributed by atoms with van der Waals surface area (Å²) in [7, 11) is 0. The van der Waals surface area contributed by atoms with E-state index in [1.54, 1.807) is 30.3 Å². The van der Waals surface area contributed by atoms with Gasteiger partial charge < -0.3 is 9.84 Å². The molecule has 2 rings (SSSR count). The van der Waals surface area contributed by atoms with Crippen LogP contribution in [0.3, 0.4) is 0 Å². The molecule has 0 aliphatic carbocycles. The number of halogens is 3. The molecule has 0 bridgehead atoms. The van der Waals surface area contributed by atoms with Crippen LogP contribution in [-0.4, -0.2) is 40.3 Å². The number of carbonyl (C=O) groups excluding carboxylic acids is 1. The molecule has 5 nitrogen and oxygen atoms in total. The van der Waals surface area contributed by atoms with Crippen LogP contribution in [0.1, 0.15) is 18.4 Å². The number of carbonyl (C=O) groups is 2. The monoisotopic (exact) mass is 317 g/mol. The lowest BCUT2D eigenvalue weighted by Gasteiger charge is -2.35. The first-order valence-corrected chi connectivity index (χ1v) is 6.57. The lowest BCUT2D eigenvalue weighted by atomic mass is 9.96. The Balaban J connectivity index is 2.15. The maximum absolute atomic E-state index is 13.2. The van der Waals surface area contributed by atoms with Crippen molar-refractivity contribution in [1.29, 1.82) is 0 Å². The lowest BCUT2D eigenvalue weighted by molar-refractivity contribution is -0.226. The highest BCUT2D eigenvalue weighted by Crippen LogP contribution is 2.43. The van der Waals surface area contributed by atoms with Gasteiger partial charge in [0.2, 0.25) is 5.54 Å². The standard InChI is InChI=1S/C14H14F3NO4/c15-14(16,17)13(11(19)20)7-4-8-18(13)12(21)22-9-10-5-2-1-3-6-10/h1-3,5-6H,4,7-9H2,(H,19,20)/t13-/m1/s1. The van der Waals surface area contributed by atoms with Crippen LogP contribution in [0.15, 0.2) is 30.3 Å². The second kappa shape index (κ2) is 5.86. The van der Waals surface area contributed by atoms with Gasteiger partial charge in [-0.1, -0.05) is 30.3 Å². The summed E-state index contributed by atoms with van der Waals surface area (Å²) < 4.78 is 44.5. The van der Waals surface area contributed by atoms with Gasteiger partial charge in [-0.2, -0.15) is 13.2 Å². The Morgan fingerprint density at radius 2 is 1.91 bits per heavy atom. The summed E-state index contributed by atoms with van der Waals surface area (Å²) in [5.41, 5.74) is -2.61. The summed E-state index contributed by atoms with van der Waals surface area (Å²) in [4.78, 5) is 23.4. The molecule has 120 valence electrons. The minimum absolute atomic E-state index is 0.0494. The molecule has 0 unspecified atom stereocenters. The number of carboxylic acids is 1. The van der Waals surface area contributed by atoms with Gasteiger partial charge in [0.1, 0.15) is 6.61 Å². The smallest absolute Gasteiger partial charge is 0.422 e. The zero-order valence-electron chi connectivity index (χ0n) is 11.5. The number of amides is 1. The molecule has 1 N–H and O–H groups in total. The van der Waals surface area contributed by atoms with Crippen LogP contribution >= 0.6 is 0 Å². The SMILES string of the molecule is O=C(OCc1ccccc1)N1CCC[C@@]1(C(=O)O)C(F)(F)F. The van der Waals surface area contributed by atoms with Crippen molar-refractivity contribution in [3.63, 3.8) is 0 Å². The zero-order chi connectivity index (χ0) is 16.4. The van der Waals surface area contributed by atoms with E-state index < -0.39 is 30.2 Å². The third kappa shape index (κ3) is 2.72. The number of nitrogens with zero attached hydrogens (tertiary/aromatic N) is 1. The number of aliphatic carboxylic acids is 1. The Kier molecular flexibility index (Phi) is 4.30. The molecule has 1 aliphatic heterocycles. The van der Waals surface area contributed by atoms with E-state index in [-0.39, 0.29) is 24.5 Å². The lowest BCUT2D eigenvalue weighted by Crippen LogP contribution is -2.62. The first-order chi connectivity index (χ1) is 10.3. The Hall–Kier alpha value is -2.25. The van der Waals surface area contributed by atoms with Gasteiger partial charge in [-0.25, -0.2) is 9.59 Å². The second-order valence-electron chi connectivity index (χ2n) is 4.96. The summed E-state index contributed by atoms with van der Waals surface area (Å²) in [6.45, 7) is -0.525. The number of hydrogen-bond donors (Lipinski definition) is 1. The highest BCUT2D eigenvalue weighted by Gasteiger charge is 2.68. The largest absolute Gasteiger partial charge is 0.479 e. The molecule has 1 aromatic carbocycles. The summed E-state index contributed by atoms with van der Waals surface area (Å²) >= 11 is 0. The van der Waals surface area contributed by atoms with Gasteiger partial charge in [-0.05, 0) is 18.4 Å². The minimum atomic E-state index is -5.07. The van der Waals surface area contributed by atoms with Crippen LogP contribution in [0, 0.1) is 0 Å². The minimum Gasteiger partial charge on any atom is -0.479 e. The van der Waals surface area contributed by atoms with E-state index in [1.807, 2.05) is 0 Å². The molecule has 1 fully saturated rings. The van der Waals surface area contributed by atoms with Crippen molar-refractivity contribution >= 4 is 12.1 Å². The Bertz CT molecular complexity index is 561. The van der Waals surface area contributed by atoms with Crippen molar-refractivity contribution in [2.24, 2.45) is 0 Å². The first kappa shape index (κ1) is 16.1.